The monoisotopic (exact) mass is 361 g/mol. The zero-order valence-electron chi connectivity index (χ0n) is 12.0. The molecule has 0 radical (unpaired) electrons. The topological polar surface area (TPSA) is 91.8 Å². The number of carboxylic acids is 1. The van der Waals surface area contributed by atoms with Crippen molar-refractivity contribution in [1.82, 2.24) is 4.98 Å². The van der Waals surface area contributed by atoms with Gasteiger partial charge >= 0.3 is 18.4 Å². The Balaban J connectivity index is 2.01. The van der Waals surface area contributed by atoms with Gasteiger partial charge in [0.15, 0.2) is 10.8 Å². The van der Waals surface area contributed by atoms with Crippen molar-refractivity contribution in [2.24, 2.45) is 0 Å². The van der Waals surface area contributed by atoms with Gasteiger partial charge in [-0.3, -0.25) is 4.90 Å². The van der Waals surface area contributed by atoms with Crippen LogP contribution in [0.15, 0.2) is 29.6 Å². The first-order valence-corrected chi connectivity index (χ1v) is 7.13. The maximum atomic E-state index is 12.1. The molecule has 1 heterocycles. The minimum absolute atomic E-state index is 0.155. The number of carbonyl (C=O) groups excluding carboxylic acids is 1. The van der Waals surface area contributed by atoms with Gasteiger partial charge in [0.05, 0.1) is 0 Å². The third-order valence-corrected chi connectivity index (χ3v) is 3.56. The van der Waals surface area contributed by atoms with Gasteiger partial charge in [0.1, 0.15) is 5.75 Å². The number of nitrogens with zero attached hydrogens (tertiary/aromatic N) is 2. The van der Waals surface area contributed by atoms with E-state index in [0.717, 1.165) is 28.4 Å². The van der Waals surface area contributed by atoms with E-state index in [1.54, 1.807) is 0 Å². The van der Waals surface area contributed by atoms with E-state index in [0.29, 0.717) is 0 Å². The SMILES string of the molecule is CN(C(=O)Nc1ccc(OC(F)(F)F)cc1)c1nc(C(=O)O)cs1. The van der Waals surface area contributed by atoms with Crippen LogP contribution in [0.4, 0.5) is 28.8 Å². The molecule has 0 spiro atoms. The van der Waals surface area contributed by atoms with Gasteiger partial charge in [-0.25, -0.2) is 14.6 Å². The van der Waals surface area contributed by atoms with Gasteiger partial charge < -0.3 is 15.2 Å². The lowest BCUT2D eigenvalue weighted by Gasteiger charge is -2.15. The maximum absolute atomic E-state index is 12.1. The Hall–Kier alpha value is -2.82. The molecular formula is C13H10F3N3O4S. The Kier molecular flexibility index (Phi) is 4.93. The smallest absolute Gasteiger partial charge is 0.476 e. The van der Waals surface area contributed by atoms with Crippen LogP contribution >= 0.6 is 11.3 Å². The fraction of sp³-hybridized carbons (Fsp3) is 0.154. The zero-order valence-corrected chi connectivity index (χ0v) is 12.8. The number of nitrogens with one attached hydrogen (secondary N) is 1. The summed E-state index contributed by atoms with van der Waals surface area (Å²) in [5.41, 5.74) is 0.0414. The van der Waals surface area contributed by atoms with Crippen molar-refractivity contribution in [1.29, 1.82) is 0 Å². The predicted molar refractivity (Wildman–Crippen MR) is 79.6 cm³/mol. The second kappa shape index (κ2) is 6.74. The van der Waals surface area contributed by atoms with Crippen LogP contribution in [0, 0.1) is 0 Å². The molecule has 0 aliphatic rings. The zero-order chi connectivity index (χ0) is 17.9. The van der Waals surface area contributed by atoms with E-state index in [2.05, 4.69) is 15.0 Å². The lowest BCUT2D eigenvalue weighted by molar-refractivity contribution is -0.274. The van der Waals surface area contributed by atoms with Crippen molar-refractivity contribution in [3.8, 4) is 5.75 Å². The number of benzene rings is 1. The molecule has 0 fully saturated rings. The number of hydrogen-bond acceptors (Lipinski definition) is 5. The number of carbonyl (C=O) groups is 2. The number of thiazole rings is 1. The van der Waals surface area contributed by atoms with Crippen LogP contribution in [0.2, 0.25) is 0 Å². The third kappa shape index (κ3) is 4.59. The van der Waals surface area contributed by atoms with Crippen LogP contribution in [0.3, 0.4) is 0 Å². The highest BCUT2D eigenvalue weighted by molar-refractivity contribution is 7.14. The molecule has 2 rings (SSSR count). The molecule has 7 nitrogen and oxygen atoms in total. The van der Waals surface area contributed by atoms with Crippen molar-refractivity contribution in [2.75, 3.05) is 17.3 Å². The standard InChI is InChI=1S/C13H10F3N3O4S/c1-19(12-18-9(6-24-12)10(20)21)11(22)17-7-2-4-8(5-3-7)23-13(14,15)16/h2-6H,1H3,(H,17,22)(H,20,21). The lowest BCUT2D eigenvalue weighted by atomic mass is 10.3. The lowest BCUT2D eigenvalue weighted by Crippen LogP contribution is -2.31. The Morgan fingerprint density at radius 1 is 1.29 bits per heavy atom. The van der Waals surface area contributed by atoms with E-state index in [9.17, 15) is 22.8 Å². The summed E-state index contributed by atoms with van der Waals surface area (Å²) in [4.78, 5) is 27.6. The molecule has 0 aliphatic heterocycles. The summed E-state index contributed by atoms with van der Waals surface area (Å²) in [6, 6.07) is 3.93. The Bertz CT molecular complexity index is 746. The maximum Gasteiger partial charge on any atom is 0.573 e. The Labute approximate surface area is 137 Å². The molecular weight excluding hydrogens is 351 g/mol. The molecule has 11 heteroatoms. The second-order valence-electron chi connectivity index (χ2n) is 4.38. The Morgan fingerprint density at radius 2 is 1.92 bits per heavy atom. The molecule has 24 heavy (non-hydrogen) atoms. The van der Waals surface area contributed by atoms with Crippen molar-refractivity contribution in [3.05, 3.63) is 35.3 Å². The molecule has 2 amide bonds. The molecule has 0 unspecified atom stereocenters. The van der Waals surface area contributed by atoms with Crippen molar-refractivity contribution in [3.63, 3.8) is 0 Å². The van der Waals surface area contributed by atoms with E-state index >= 15 is 0 Å². The predicted octanol–water partition coefficient (Wildman–Crippen LogP) is 3.41. The Morgan fingerprint density at radius 3 is 2.42 bits per heavy atom. The number of anilines is 2. The number of ether oxygens (including phenoxy) is 1. The largest absolute Gasteiger partial charge is 0.573 e. The minimum atomic E-state index is -4.79. The number of halogens is 3. The first-order valence-electron chi connectivity index (χ1n) is 6.25. The van der Waals surface area contributed by atoms with Gasteiger partial charge in [-0.2, -0.15) is 0 Å². The third-order valence-electron chi connectivity index (χ3n) is 2.64. The quantitative estimate of drug-likeness (QED) is 0.871. The molecule has 0 aliphatic carbocycles. The normalized spacial score (nSPS) is 11.0. The number of rotatable bonds is 4. The summed E-state index contributed by atoms with van der Waals surface area (Å²) in [5.74, 6) is -1.63. The van der Waals surface area contributed by atoms with Gasteiger partial charge in [0.25, 0.3) is 0 Å². The van der Waals surface area contributed by atoms with Crippen LogP contribution in [0.1, 0.15) is 10.5 Å². The van der Waals surface area contributed by atoms with Crippen molar-refractivity contribution >= 4 is 34.2 Å². The number of hydrogen-bond donors (Lipinski definition) is 2. The summed E-state index contributed by atoms with van der Waals surface area (Å²) < 4.78 is 39.9. The summed E-state index contributed by atoms with van der Waals surface area (Å²) in [7, 11) is 1.38. The first-order chi connectivity index (χ1) is 11.2. The van der Waals surface area contributed by atoms with Gasteiger partial charge in [-0.15, -0.1) is 24.5 Å². The van der Waals surface area contributed by atoms with E-state index in [1.807, 2.05) is 0 Å². The van der Waals surface area contributed by atoms with E-state index in [1.165, 1.54) is 24.6 Å². The molecule has 2 aromatic rings. The van der Waals surface area contributed by atoms with Crippen LogP contribution in [-0.2, 0) is 0 Å². The molecule has 2 N–H and O–H groups in total. The second-order valence-corrected chi connectivity index (χ2v) is 5.22. The summed E-state index contributed by atoms with van der Waals surface area (Å²) in [5, 5.41) is 12.7. The summed E-state index contributed by atoms with van der Waals surface area (Å²) in [6.07, 6.45) is -4.79. The number of aromatic carboxylic acids is 1. The van der Waals surface area contributed by atoms with Gasteiger partial charge in [-0.05, 0) is 24.3 Å². The van der Waals surface area contributed by atoms with Crippen molar-refractivity contribution < 1.29 is 32.6 Å². The molecule has 0 atom stereocenters. The highest BCUT2D eigenvalue weighted by Crippen LogP contribution is 2.24. The number of alkyl halides is 3. The number of amides is 2. The number of urea groups is 1. The summed E-state index contributed by atoms with van der Waals surface area (Å²) in [6.45, 7) is 0. The van der Waals surface area contributed by atoms with Crippen LogP contribution in [0.5, 0.6) is 5.75 Å². The van der Waals surface area contributed by atoms with E-state index < -0.39 is 24.1 Å². The molecule has 0 saturated heterocycles. The van der Waals surface area contributed by atoms with Crippen LogP contribution in [-0.4, -0.2) is 35.5 Å². The first kappa shape index (κ1) is 17.5. The van der Waals surface area contributed by atoms with Gasteiger partial charge in [-0.1, -0.05) is 0 Å². The van der Waals surface area contributed by atoms with Crippen LogP contribution in [0.25, 0.3) is 0 Å². The van der Waals surface area contributed by atoms with Crippen LogP contribution < -0.4 is 15.0 Å². The molecule has 0 saturated carbocycles. The molecule has 0 bridgehead atoms. The molecule has 1 aromatic carbocycles. The average molecular weight is 361 g/mol. The highest BCUT2D eigenvalue weighted by atomic mass is 32.1. The highest BCUT2D eigenvalue weighted by Gasteiger charge is 2.31. The molecule has 128 valence electrons. The van der Waals surface area contributed by atoms with Gasteiger partial charge in [0.2, 0.25) is 0 Å². The van der Waals surface area contributed by atoms with E-state index in [-0.39, 0.29) is 16.5 Å². The fourth-order valence-electron chi connectivity index (χ4n) is 1.55. The average Bonchev–Trinajstić information content (AvgIpc) is 2.97. The minimum Gasteiger partial charge on any atom is -0.476 e. The number of carboxylic acid groups (broad SMARTS) is 1. The summed E-state index contributed by atoms with van der Waals surface area (Å²) >= 11 is 0.962. The van der Waals surface area contributed by atoms with Gasteiger partial charge in [0, 0.05) is 18.1 Å². The fourth-order valence-corrected chi connectivity index (χ4v) is 2.31. The number of aromatic nitrogens is 1. The van der Waals surface area contributed by atoms with Crippen molar-refractivity contribution in [2.45, 2.75) is 6.36 Å². The molecule has 1 aromatic heterocycles. The van der Waals surface area contributed by atoms with E-state index in [4.69, 9.17) is 5.11 Å².